The number of nitro benzene ring substituents is 1. The first-order valence-corrected chi connectivity index (χ1v) is 7.37. The van der Waals surface area contributed by atoms with Gasteiger partial charge in [0.1, 0.15) is 10.6 Å². The van der Waals surface area contributed by atoms with E-state index >= 15 is 0 Å². The van der Waals surface area contributed by atoms with E-state index in [1.807, 2.05) is 0 Å². The van der Waals surface area contributed by atoms with Gasteiger partial charge in [0.15, 0.2) is 0 Å². The van der Waals surface area contributed by atoms with Gasteiger partial charge in [-0.05, 0) is 6.07 Å². The molecule has 0 aliphatic carbocycles. The van der Waals surface area contributed by atoms with Crippen molar-refractivity contribution in [3.05, 3.63) is 27.3 Å². The molecule has 20 heavy (non-hydrogen) atoms. The van der Waals surface area contributed by atoms with Gasteiger partial charge >= 0.3 is 0 Å². The molecule has 0 unspecified atom stereocenters. The van der Waals surface area contributed by atoms with Crippen molar-refractivity contribution < 1.29 is 18.1 Å². The molecule has 1 aliphatic rings. The SMILES string of the molecule is CCN1CC(=O)Nc2c([N+](=O)[O-])cc(Cl)cc2S1(=O)=O. The van der Waals surface area contributed by atoms with E-state index < -0.39 is 33.1 Å². The van der Waals surface area contributed by atoms with Gasteiger partial charge < -0.3 is 5.32 Å². The predicted octanol–water partition coefficient (Wildman–Crippen LogP) is 1.21. The van der Waals surface area contributed by atoms with Gasteiger partial charge in [-0.3, -0.25) is 14.9 Å². The van der Waals surface area contributed by atoms with Crippen LogP contribution in [0, 0.1) is 10.1 Å². The second-order valence-corrected chi connectivity index (χ2v) is 6.38. The average molecular weight is 320 g/mol. The highest BCUT2D eigenvalue weighted by atomic mass is 35.5. The molecule has 0 saturated heterocycles. The summed E-state index contributed by atoms with van der Waals surface area (Å²) in [5, 5.41) is 13.2. The molecule has 0 bridgehead atoms. The van der Waals surface area contributed by atoms with E-state index in [2.05, 4.69) is 5.32 Å². The van der Waals surface area contributed by atoms with Crippen molar-refractivity contribution >= 4 is 38.9 Å². The lowest BCUT2D eigenvalue weighted by atomic mass is 10.2. The Morgan fingerprint density at radius 3 is 2.70 bits per heavy atom. The molecule has 2 rings (SSSR count). The third-order valence-corrected chi connectivity index (χ3v) is 4.96. The summed E-state index contributed by atoms with van der Waals surface area (Å²) in [7, 11) is -4.02. The summed E-state index contributed by atoms with van der Waals surface area (Å²) >= 11 is 5.73. The Morgan fingerprint density at radius 1 is 1.50 bits per heavy atom. The molecular weight excluding hydrogens is 310 g/mol. The highest BCUT2D eigenvalue weighted by Crippen LogP contribution is 2.37. The lowest BCUT2D eigenvalue weighted by molar-refractivity contribution is -0.384. The second kappa shape index (κ2) is 5.00. The molecule has 1 N–H and O–H groups in total. The van der Waals surface area contributed by atoms with Crippen LogP contribution in [0.5, 0.6) is 0 Å². The fraction of sp³-hybridized carbons (Fsp3) is 0.300. The molecule has 1 aromatic carbocycles. The smallest absolute Gasteiger partial charge is 0.295 e. The molecule has 1 amide bonds. The minimum absolute atomic E-state index is 0.0650. The van der Waals surface area contributed by atoms with Crippen LogP contribution in [-0.4, -0.2) is 36.6 Å². The monoisotopic (exact) mass is 319 g/mol. The summed E-state index contributed by atoms with van der Waals surface area (Å²) in [5.41, 5.74) is -0.900. The van der Waals surface area contributed by atoms with Crippen molar-refractivity contribution in [2.24, 2.45) is 0 Å². The van der Waals surface area contributed by atoms with Crippen LogP contribution in [0.1, 0.15) is 6.92 Å². The zero-order chi connectivity index (χ0) is 15.1. The number of hydrogen-bond donors (Lipinski definition) is 1. The van der Waals surface area contributed by atoms with Crippen molar-refractivity contribution in [2.75, 3.05) is 18.4 Å². The Balaban J connectivity index is 2.82. The maximum absolute atomic E-state index is 12.4. The summed E-state index contributed by atoms with van der Waals surface area (Å²) in [5.74, 6) is -0.639. The number of nitrogens with one attached hydrogen (secondary N) is 1. The maximum Gasteiger partial charge on any atom is 0.295 e. The molecule has 1 aromatic rings. The number of fused-ring (bicyclic) bond motifs is 1. The summed E-state index contributed by atoms with van der Waals surface area (Å²) < 4.78 is 25.7. The van der Waals surface area contributed by atoms with Gasteiger partial charge in [-0.2, -0.15) is 4.31 Å². The van der Waals surface area contributed by atoms with Crippen LogP contribution in [0.3, 0.4) is 0 Å². The number of amides is 1. The van der Waals surface area contributed by atoms with Crippen molar-refractivity contribution in [3.8, 4) is 0 Å². The van der Waals surface area contributed by atoms with E-state index in [1.54, 1.807) is 6.92 Å². The van der Waals surface area contributed by atoms with Crippen molar-refractivity contribution in [1.29, 1.82) is 0 Å². The first-order valence-electron chi connectivity index (χ1n) is 5.55. The highest BCUT2D eigenvalue weighted by molar-refractivity contribution is 7.89. The van der Waals surface area contributed by atoms with Gasteiger partial charge in [-0.15, -0.1) is 0 Å². The molecule has 0 spiro atoms. The Labute approximate surface area is 119 Å². The Morgan fingerprint density at radius 2 is 2.15 bits per heavy atom. The molecule has 0 radical (unpaired) electrons. The Hall–Kier alpha value is -1.71. The third-order valence-electron chi connectivity index (χ3n) is 2.80. The van der Waals surface area contributed by atoms with Crippen LogP contribution in [0.4, 0.5) is 11.4 Å². The topological polar surface area (TPSA) is 110 Å². The van der Waals surface area contributed by atoms with Crippen LogP contribution < -0.4 is 5.32 Å². The fourth-order valence-corrected chi connectivity index (χ4v) is 3.76. The molecule has 0 saturated carbocycles. The number of nitrogens with zero attached hydrogens (tertiary/aromatic N) is 2. The average Bonchev–Trinajstić information content (AvgIpc) is 2.45. The molecular formula is C10H10ClN3O5S. The van der Waals surface area contributed by atoms with Gasteiger partial charge in [0.2, 0.25) is 15.9 Å². The largest absolute Gasteiger partial charge is 0.318 e. The number of likely N-dealkylation sites (N-methyl/N-ethyl adjacent to an activating group) is 1. The molecule has 1 aliphatic heterocycles. The van der Waals surface area contributed by atoms with E-state index in [0.717, 1.165) is 16.4 Å². The molecule has 108 valence electrons. The zero-order valence-corrected chi connectivity index (χ0v) is 11.9. The minimum Gasteiger partial charge on any atom is -0.318 e. The predicted molar refractivity (Wildman–Crippen MR) is 71.2 cm³/mol. The number of rotatable bonds is 2. The Bertz CT molecular complexity index is 703. The standard InChI is InChI=1S/C10H10ClN3O5S/c1-2-13-5-9(15)12-10-7(14(16)17)3-6(11)4-8(10)20(13,18)19/h3-4H,2,5H2,1H3,(H,12,15). The zero-order valence-electron chi connectivity index (χ0n) is 10.3. The van der Waals surface area contributed by atoms with Gasteiger partial charge in [0.05, 0.1) is 11.5 Å². The van der Waals surface area contributed by atoms with Gasteiger partial charge in [0.25, 0.3) is 5.69 Å². The molecule has 10 heteroatoms. The fourth-order valence-electron chi connectivity index (χ4n) is 1.89. The third kappa shape index (κ3) is 2.35. The summed E-state index contributed by atoms with van der Waals surface area (Å²) in [6, 6.07) is 2.09. The summed E-state index contributed by atoms with van der Waals surface area (Å²) in [4.78, 5) is 21.5. The van der Waals surface area contributed by atoms with Crippen molar-refractivity contribution in [1.82, 2.24) is 4.31 Å². The van der Waals surface area contributed by atoms with Crippen LogP contribution in [0.2, 0.25) is 5.02 Å². The molecule has 0 aromatic heterocycles. The molecule has 0 atom stereocenters. The maximum atomic E-state index is 12.4. The molecule has 8 nitrogen and oxygen atoms in total. The summed E-state index contributed by atoms with van der Waals surface area (Å²) in [6.07, 6.45) is 0. The lowest BCUT2D eigenvalue weighted by Gasteiger charge is -2.16. The number of sulfonamides is 1. The number of anilines is 1. The lowest BCUT2D eigenvalue weighted by Crippen LogP contribution is -2.34. The highest BCUT2D eigenvalue weighted by Gasteiger charge is 2.36. The van der Waals surface area contributed by atoms with Crippen LogP contribution >= 0.6 is 11.6 Å². The first kappa shape index (κ1) is 14.7. The second-order valence-electron chi connectivity index (χ2n) is 4.03. The van der Waals surface area contributed by atoms with E-state index in [0.29, 0.717) is 0 Å². The number of hydrogen-bond acceptors (Lipinski definition) is 5. The van der Waals surface area contributed by atoms with Crippen LogP contribution in [0.15, 0.2) is 17.0 Å². The summed E-state index contributed by atoms with van der Waals surface area (Å²) in [6.45, 7) is 1.23. The first-order chi connectivity index (χ1) is 9.27. The van der Waals surface area contributed by atoms with E-state index in [9.17, 15) is 23.3 Å². The van der Waals surface area contributed by atoms with Gasteiger partial charge in [0, 0.05) is 17.6 Å². The molecule has 1 heterocycles. The normalized spacial score (nSPS) is 18.0. The van der Waals surface area contributed by atoms with E-state index in [4.69, 9.17) is 11.6 Å². The van der Waals surface area contributed by atoms with E-state index in [-0.39, 0.29) is 22.2 Å². The number of carbonyl (C=O) groups is 1. The quantitative estimate of drug-likeness (QED) is 0.651. The number of benzene rings is 1. The molecule has 0 fully saturated rings. The van der Waals surface area contributed by atoms with Crippen molar-refractivity contribution in [3.63, 3.8) is 0 Å². The number of halogens is 1. The van der Waals surface area contributed by atoms with Gasteiger partial charge in [-0.1, -0.05) is 18.5 Å². The Kier molecular flexibility index (Phi) is 3.67. The number of nitro groups is 1. The van der Waals surface area contributed by atoms with E-state index in [1.165, 1.54) is 0 Å². The van der Waals surface area contributed by atoms with Gasteiger partial charge in [-0.25, -0.2) is 8.42 Å². The number of carbonyl (C=O) groups excluding carboxylic acids is 1. The van der Waals surface area contributed by atoms with Crippen LogP contribution in [-0.2, 0) is 14.8 Å². The van der Waals surface area contributed by atoms with Crippen LogP contribution in [0.25, 0.3) is 0 Å². The minimum atomic E-state index is -4.02. The van der Waals surface area contributed by atoms with Crippen molar-refractivity contribution in [2.45, 2.75) is 11.8 Å².